The summed E-state index contributed by atoms with van der Waals surface area (Å²) in [6.07, 6.45) is 0.725. The Morgan fingerprint density at radius 2 is 1.93 bits per heavy atom. The van der Waals surface area contributed by atoms with Crippen molar-refractivity contribution in [1.29, 1.82) is 0 Å². The number of para-hydroxylation sites is 1. The molecule has 2 aromatic carbocycles. The molecule has 0 spiro atoms. The van der Waals surface area contributed by atoms with Crippen molar-refractivity contribution in [2.75, 3.05) is 13.6 Å². The highest BCUT2D eigenvalue weighted by Crippen LogP contribution is 2.27. The van der Waals surface area contributed by atoms with E-state index in [0.29, 0.717) is 6.54 Å². The zero-order valence-corrected chi connectivity index (χ0v) is 15.3. The predicted octanol–water partition coefficient (Wildman–Crippen LogP) is 3.52. The number of benzene rings is 2. The lowest BCUT2D eigenvalue weighted by atomic mass is 10.1. The van der Waals surface area contributed by atoms with Gasteiger partial charge in [-0.25, -0.2) is 4.39 Å². The quantitative estimate of drug-likeness (QED) is 0.724. The summed E-state index contributed by atoms with van der Waals surface area (Å²) in [5.41, 5.74) is 1.95. The Kier molecular flexibility index (Phi) is 5.54. The van der Waals surface area contributed by atoms with E-state index in [-0.39, 0.29) is 18.0 Å². The van der Waals surface area contributed by atoms with Crippen molar-refractivity contribution >= 4 is 22.8 Å². The van der Waals surface area contributed by atoms with E-state index in [2.05, 4.69) is 5.32 Å². The number of hydrogen-bond acceptors (Lipinski definition) is 3. The molecule has 0 fully saturated rings. The van der Waals surface area contributed by atoms with Crippen LogP contribution in [0.25, 0.3) is 11.0 Å². The van der Waals surface area contributed by atoms with E-state index in [1.165, 1.54) is 18.2 Å². The molecule has 0 aliphatic heterocycles. The fraction of sp³-hybridized carbons (Fsp3) is 0.238. The number of rotatable bonds is 6. The van der Waals surface area contributed by atoms with Gasteiger partial charge in [-0.05, 0) is 24.3 Å². The molecule has 0 unspecified atom stereocenters. The zero-order chi connectivity index (χ0) is 19.4. The number of carbonyl (C=O) groups excluding carboxylic acids is 2. The summed E-state index contributed by atoms with van der Waals surface area (Å²) in [5.74, 6) is -0.379. The molecule has 0 saturated carbocycles. The van der Waals surface area contributed by atoms with Crippen molar-refractivity contribution in [3.8, 4) is 0 Å². The molecular formula is C21H21FN2O3. The number of nitrogens with zero attached hydrogens (tertiary/aromatic N) is 1. The van der Waals surface area contributed by atoms with Gasteiger partial charge in [0.05, 0.1) is 6.54 Å². The summed E-state index contributed by atoms with van der Waals surface area (Å²) in [6, 6.07) is 13.1. The van der Waals surface area contributed by atoms with Crippen LogP contribution < -0.4 is 5.32 Å². The fourth-order valence-electron chi connectivity index (χ4n) is 2.96. The highest BCUT2D eigenvalue weighted by atomic mass is 19.1. The van der Waals surface area contributed by atoms with Crippen LogP contribution in [-0.4, -0.2) is 30.3 Å². The molecule has 1 aromatic heterocycles. The van der Waals surface area contributed by atoms with E-state index >= 15 is 0 Å². The van der Waals surface area contributed by atoms with Gasteiger partial charge in [0.2, 0.25) is 5.91 Å². The Bertz CT molecular complexity index is 980. The van der Waals surface area contributed by atoms with Crippen molar-refractivity contribution < 1.29 is 18.4 Å². The molecule has 27 heavy (non-hydrogen) atoms. The summed E-state index contributed by atoms with van der Waals surface area (Å²) in [5, 5.41) is 3.52. The minimum atomic E-state index is -0.495. The molecule has 1 N–H and O–H groups in total. The maximum atomic E-state index is 13.2. The standard InChI is InChI=1S/C21H21FN2O3/c1-3-18-17(16-9-4-5-10-19(16)27-18)13-24(2)20(25)12-23-21(26)14-7-6-8-15(22)11-14/h4-11H,3,12-13H2,1-2H3,(H,23,26). The van der Waals surface area contributed by atoms with Crippen LogP contribution in [0.5, 0.6) is 0 Å². The van der Waals surface area contributed by atoms with Gasteiger partial charge in [-0.3, -0.25) is 9.59 Å². The number of furan rings is 1. The lowest BCUT2D eigenvalue weighted by Crippen LogP contribution is -2.37. The van der Waals surface area contributed by atoms with E-state index in [0.717, 1.165) is 34.8 Å². The maximum absolute atomic E-state index is 13.2. The average molecular weight is 368 g/mol. The van der Waals surface area contributed by atoms with Gasteiger partial charge in [-0.15, -0.1) is 0 Å². The molecule has 0 radical (unpaired) electrons. The third kappa shape index (κ3) is 4.16. The minimum Gasteiger partial charge on any atom is -0.461 e. The van der Waals surface area contributed by atoms with Gasteiger partial charge in [0.1, 0.15) is 17.2 Å². The summed E-state index contributed by atoms with van der Waals surface area (Å²) >= 11 is 0. The van der Waals surface area contributed by atoms with Gasteiger partial charge in [0.25, 0.3) is 5.91 Å². The van der Waals surface area contributed by atoms with E-state index < -0.39 is 11.7 Å². The summed E-state index contributed by atoms with van der Waals surface area (Å²) < 4.78 is 19.1. The van der Waals surface area contributed by atoms with Gasteiger partial charge >= 0.3 is 0 Å². The molecule has 0 aliphatic rings. The Morgan fingerprint density at radius 3 is 2.67 bits per heavy atom. The Labute approximate surface area is 156 Å². The zero-order valence-electron chi connectivity index (χ0n) is 15.3. The first-order valence-electron chi connectivity index (χ1n) is 8.76. The van der Waals surface area contributed by atoms with Crippen molar-refractivity contribution in [3.05, 3.63) is 71.2 Å². The molecule has 3 rings (SSSR count). The molecule has 2 amide bonds. The second kappa shape index (κ2) is 8.03. The molecule has 6 heteroatoms. The number of hydrogen-bond donors (Lipinski definition) is 1. The smallest absolute Gasteiger partial charge is 0.251 e. The number of halogens is 1. The van der Waals surface area contributed by atoms with Crippen molar-refractivity contribution in [2.24, 2.45) is 0 Å². The first-order valence-corrected chi connectivity index (χ1v) is 8.76. The van der Waals surface area contributed by atoms with Crippen LogP contribution in [-0.2, 0) is 17.8 Å². The topological polar surface area (TPSA) is 62.6 Å². The molecule has 0 saturated heterocycles. The molecule has 0 bridgehead atoms. The fourth-order valence-corrected chi connectivity index (χ4v) is 2.96. The number of nitrogens with one attached hydrogen (secondary N) is 1. The third-order valence-electron chi connectivity index (χ3n) is 4.41. The van der Waals surface area contributed by atoms with Crippen molar-refractivity contribution in [1.82, 2.24) is 10.2 Å². The molecule has 5 nitrogen and oxygen atoms in total. The number of carbonyl (C=O) groups is 2. The molecule has 0 atom stereocenters. The van der Waals surface area contributed by atoms with Crippen molar-refractivity contribution in [2.45, 2.75) is 19.9 Å². The highest BCUT2D eigenvalue weighted by Gasteiger charge is 2.18. The monoisotopic (exact) mass is 368 g/mol. The molecular weight excluding hydrogens is 347 g/mol. The highest BCUT2D eigenvalue weighted by molar-refractivity contribution is 5.96. The molecule has 0 aliphatic carbocycles. The second-order valence-electron chi connectivity index (χ2n) is 6.30. The third-order valence-corrected chi connectivity index (χ3v) is 4.41. The second-order valence-corrected chi connectivity index (χ2v) is 6.30. The van der Waals surface area contributed by atoms with Crippen LogP contribution in [0.15, 0.2) is 52.9 Å². The number of amides is 2. The lowest BCUT2D eigenvalue weighted by Gasteiger charge is -2.18. The maximum Gasteiger partial charge on any atom is 0.251 e. The normalized spacial score (nSPS) is 10.8. The van der Waals surface area contributed by atoms with Crippen LogP contribution in [0.3, 0.4) is 0 Å². The van der Waals surface area contributed by atoms with Crippen LogP contribution in [0.4, 0.5) is 4.39 Å². The first-order chi connectivity index (χ1) is 13.0. The Balaban J connectivity index is 1.65. The average Bonchev–Trinajstić information content (AvgIpc) is 3.03. The van der Waals surface area contributed by atoms with Gasteiger partial charge in [-0.1, -0.05) is 31.2 Å². The van der Waals surface area contributed by atoms with Gasteiger partial charge in [0, 0.05) is 36.5 Å². The van der Waals surface area contributed by atoms with Crippen LogP contribution in [0, 0.1) is 5.82 Å². The van der Waals surface area contributed by atoms with Crippen LogP contribution >= 0.6 is 0 Å². The number of likely N-dealkylation sites (N-methyl/N-ethyl adjacent to an activating group) is 1. The Morgan fingerprint density at radius 1 is 1.15 bits per heavy atom. The van der Waals surface area contributed by atoms with Gasteiger partial charge in [-0.2, -0.15) is 0 Å². The largest absolute Gasteiger partial charge is 0.461 e. The molecule has 1 heterocycles. The van der Waals surface area contributed by atoms with Gasteiger partial charge in [0.15, 0.2) is 0 Å². The predicted molar refractivity (Wildman–Crippen MR) is 101 cm³/mol. The van der Waals surface area contributed by atoms with E-state index in [9.17, 15) is 14.0 Å². The summed E-state index contributed by atoms with van der Waals surface area (Å²) in [6.45, 7) is 2.22. The van der Waals surface area contributed by atoms with E-state index in [1.807, 2.05) is 31.2 Å². The number of aryl methyl sites for hydroxylation is 1. The number of fused-ring (bicyclic) bond motifs is 1. The van der Waals surface area contributed by atoms with Crippen molar-refractivity contribution in [3.63, 3.8) is 0 Å². The van der Waals surface area contributed by atoms with E-state index in [4.69, 9.17) is 4.42 Å². The van der Waals surface area contributed by atoms with Gasteiger partial charge < -0.3 is 14.6 Å². The van der Waals surface area contributed by atoms with Crippen LogP contribution in [0.2, 0.25) is 0 Å². The summed E-state index contributed by atoms with van der Waals surface area (Å²) in [7, 11) is 1.68. The summed E-state index contributed by atoms with van der Waals surface area (Å²) in [4.78, 5) is 26.0. The lowest BCUT2D eigenvalue weighted by molar-refractivity contribution is -0.129. The Hall–Kier alpha value is -3.15. The van der Waals surface area contributed by atoms with E-state index in [1.54, 1.807) is 11.9 Å². The molecule has 140 valence electrons. The minimum absolute atomic E-state index is 0.164. The van der Waals surface area contributed by atoms with Crippen LogP contribution in [0.1, 0.15) is 28.6 Å². The first kappa shape index (κ1) is 18.6. The SMILES string of the molecule is CCc1oc2ccccc2c1CN(C)C(=O)CNC(=O)c1cccc(F)c1. The molecule has 3 aromatic rings.